The largest absolute Gasteiger partial charge is 0.371 e. The molecule has 102 valence electrons. The lowest BCUT2D eigenvalue weighted by Gasteiger charge is -2.22. The molecule has 0 aliphatic heterocycles. The number of nitrogens with zero attached hydrogens (tertiary/aromatic N) is 2. The lowest BCUT2D eigenvalue weighted by atomic mass is 10.1. The Balaban J connectivity index is 3.11. The molecule has 6 heteroatoms. The molecule has 0 radical (unpaired) electrons. The predicted octanol–water partition coefficient (Wildman–Crippen LogP) is 2.41. The maximum atomic E-state index is 13.0. The van der Waals surface area contributed by atoms with Gasteiger partial charge in [0.1, 0.15) is 11.3 Å². The zero-order chi connectivity index (χ0) is 13.8. The molecule has 0 aliphatic rings. The Hall–Kier alpha value is -1.14. The highest BCUT2D eigenvalue weighted by Gasteiger charge is 2.26. The molecule has 4 nitrogen and oxygen atoms in total. The molecule has 0 aromatic carbocycles. The molecule has 0 saturated heterocycles. The summed E-state index contributed by atoms with van der Waals surface area (Å²) in [5, 5.41) is 2.99. The molecular formula is C12H19F2N3O. The molecule has 18 heavy (non-hydrogen) atoms. The first-order valence-corrected chi connectivity index (χ1v) is 5.82. The molecule has 1 N–H and O–H groups in total. The summed E-state index contributed by atoms with van der Waals surface area (Å²) in [5.74, 6) is 0.264. The maximum Gasteiger partial charge on any atom is 0.280 e. The van der Waals surface area contributed by atoms with Gasteiger partial charge in [-0.1, -0.05) is 6.92 Å². The van der Waals surface area contributed by atoms with Crippen LogP contribution in [0.1, 0.15) is 44.3 Å². The highest BCUT2D eigenvalue weighted by atomic mass is 19.3. The monoisotopic (exact) mass is 259 g/mol. The van der Waals surface area contributed by atoms with Crippen LogP contribution in [0, 0.1) is 0 Å². The molecule has 0 aliphatic carbocycles. The van der Waals surface area contributed by atoms with Gasteiger partial charge in [0.2, 0.25) is 0 Å². The lowest BCUT2D eigenvalue weighted by molar-refractivity contribution is 0.0105. The van der Waals surface area contributed by atoms with E-state index in [0.29, 0.717) is 18.7 Å². The summed E-state index contributed by atoms with van der Waals surface area (Å²) in [5.41, 5.74) is -0.589. The van der Waals surface area contributed by atoms with Gasteiger partial charge in [0, 0.05) is 25.4 Å². The predicted molar refractivity (Wildman–Crippen MR) is 64.4 cm³/mol. The van der Waals surface area contributed by atoms with E-state index in [9.17, 15) is 8.78 Å². The zero-order valence-electron chi connectivity index (χ0n) is 11.1. The Bertz CT molecular complexity index is 397. The number of ether oxygens (including phenoxy) is 1. The Morgan fingerprint density at radius 3 is 2.61 bits per heavy atom. The molecule has 1 rings (SSSR count). The average Bonchev–Trinajstić information content (AvgIpc) is 2.35. The van der Waals surface area contributed by atoms with Crippen molar-refractivity contribution in [1.29, 1.82) is 0 Å². The number of hydrogen-bond donors (Lipinski definition) is 1. The number of halogens is 2. The van der Waals surface area contributed by atoms with E-state index in [1.807, 2.05) is 6.92 Å². The third kappa shape index (κ3) is 3.43. The van der Waals surface area contributed by atoms with Gasteiger partial charge in [-0.05, 0) is 20.4 Å². The molecule has 0 atom stereocenters. The number of methoxy groups -OCH3 is 1. The first-order valence-electron chi connectivity index (χ1n) is 5.82. The highest BCUT2D eigenvalue weighted by molar-refractivity contribution is 5.20. The number of alkyl halides is 2. The van der Waals surface area contributed by atoms with E-state index >= 15 is 0 Å². The fraction of sp³-hybridized carbons (Fsp3) is 0.667. The minimum absolute atomic E-state index is 0.230. The second-order valence-corrected chi connectivity index (χ2v) is 4.40. The SMILES string of the molecule is CCNCc1cnc(C(C)(C)OC)nc1C(F)F. The van der Waals surface area contributed by atoms with Crippen LogP contribution < -0.4 is 5.32 Å². The van der Waals surface area contributed by atoms with Crippen LogP contribution in [0.5, 0.6) is 0 Å². The second-order valence-electron chi connectivity index (χ2n) is 4.40. The van der Waals surface area contributed by atoms with E-state index in [1.54, 1.807) is 13.8 Å². The smallest absolute Gasteiger partial charge is 0.280 e. The summed E-state index contributed by atoms with van der Waals surface area (Å²) in [7, 11) is 1.50. The van der Waals surface area contributed by atoms with E-state index in [4.69, 9.17) is 4.74 Å². The first-order chi connectivity index (χ1) is 8.42. The molecule has 0 spiro atoms. The van der Waals surface area contributed by atoms with Gasteiger partial charge in [-0.15, -0.1) is 0 Å². The summed E-state index contributed by atoms with van der Waals surface area (Å²) in [6.45, 7) is 6.42. The number of rotatable bonds is 6. The maximum absolute atomic E-state index is 13.0. The van der Waals surface area contributed by atoms with Crippen molar-refractivity contribution in [2.24, 2.45) is 0 Å². The highest BCUT2D eigenvalue weighted by Crippen LogP contribution is 2.25. The van der Waals surface area contributed by atoms with Crippen molar-refractivity contribution in [3.63, 3.8) is 0 Å². The van der Waals surface area contributed by atoms with Crippen LogP contribution in [0.2, 0.25) is 0 Å². The Labute approximate surface area is 106 Å². The molecule has 0 unspecified atom stereocenters. The van der Waals surface area contributed by atoms with Gasteiger partial charge in [-0.2, -0.15) is 0 Å². The fourth-order valence-electron chi connectivity index (χ4n) is 1.39. The van der Waals surface area contributed by atoms with Crippen LogP contribution in [0.4, 0.5) is 8.78 Å². The third-order valence-electron chi connectivity index (χ3n) is 2.72. The van der Waals surface area contributed by atoms with E-state index in [0.717, 1.165) is 0 Å². The standard InChI is InChI=1S/C12H19F2N3O/c1-5-15-6-8-7-16-11(12(2,3)18-4)17-9(8)10(13)14/h7,10,15H,5-6H2,1-4H3. The molecule has 1 aromatic rings. The summed E-state index contributed by atoms with van der Waals surface area (Å²) in [4.78, 5) is 8.05. The second kappa shape index (κ2) is 6.15. The topological polar surface area (TPSA) is 47.0 Å². The van der Waals surface area contributed by atoms with E-state index < -0.39 is 12.0 Å². The van der Waals surface area contributed by atoms with Crippen molar-refractivity contribution in [3.05, 3.63) is 23.3 Å². The summed E-state index contributed by atoms with van der Waals surface area (Å²) in [6.07, 6.45) is -1.18. The van der Waals surface area contributed by atoms with E-state index in [2.05, 4.69) is 15.3 Å². The van der Waals surface area contributed by atoms with Crippen molar-refractivity contribution in [3.8, 4) is 0 Å². The van der Waals surface area contributed by atoms with Crippen molar-refractivity contribution in [1.82, 2.24) is 15.3 Å². The van der Waals surface area contributed by atoms with Crippen molar-refractivity contribution in [2.75, 3.05) is 13.7 Å². The van der Waals surface area contributed by atoms with Gasteiger partial charge in [-0.3, -0.25) is 0 Å². The molecule has 0 saturated carbocycles. The van der Waals surface area contributed by atoms with Gasteiger partial charge in [0.25, 0.3) is 6.43 Å². The third-order valence-corrected chi connectivity index (χ3v) is 2.72. The summed E-state index contributed by atoms with van der Waals surface area (Å²) < 4.78 is 31.1. The van der Waals surface area contributed by atoms with Crippen LogP contribution in [0.3, 0.4) is 0 Å². The molecule has 1 aromatic heterocycles. The van der Waals surface area contributed by atoms with E-state index in [1.165, 1.54) is 13.3 Å². The van der Waals surface area contributed by atoms with Crippen LogP contribution in [-0.2, 0) is 16.9 Å². The first kappa shape index (κ1) is 14.9. The molecular weight excluding hydrogens is 240 g/mol. The fourth-order valence-corrected chi connectivity index (χ4v) is 1.39. The zero-order valence-corrected chi connectivity index (χ0v) is 11.1. The van der Waals surface area contributed by atoms with Crippen LogP contribution in [-0.4, -0.2) is 23.6 Å². The van der Waals surface area contributed by atoms with Gasteiger partial charge in [0.15, 0.2) is 5.82 Å². The molecule has 0 fully saturated rings. The minimum atomic E-state index is -2.62. The minimum Gasteiger partial charge on any atom is -0.371 e. The summed E-state index contributed by atoms with van der Waals surface area (Å²) in [6, 6.07) is 0. The van der Waals surface area contributed by atoms with Crippen molar-refractivity contribution < 1.29 is 13.5 Å². The normalized spacial score (nSPS) is 12.2. The van der Waals surface area contributed by atoms with Crippen LogP contribution >= 0.6 is 0 Å². The van der Waals surface area contributed by atoms with E-state index in [-0.39, 0.29) is 11.5 Å². The molecule has 0 bridgehead atoms. The van der Waals surface area contributed by atoms with Gasteiger partial charge >= 0.3 is 0 Å². The quantitative estimate of drug-likeness (QED) is 0.852. The van der Waals surface area contributed by atoms with Crippen molar-refractivity contribution in [2.45, 2.75) is 39.3 Å². The lowest BCUT2D eigenvalue weighted by Crippen LogP contribution is -2.25. The van der Waals surface area contributed by atoms with Gasteiger partial charge < -0.3 is 10.1 Å². The molecule has 1 heterocycles. The Morgan fingerprint density at radius 1 is 1.44 bits per heavy atom. The van der Waals surface area contributed by atoms with Crippen LogP contribution in [0.25, 0.3) is 0 Å². The van der Waals surface area contributed by atoms with Gasteiger partial charge in [-0.25, -0.2) is 18.7 Å². The molecule has 0 amide bonds. The average molecular weight is 259 g/mol. The van der Waals surface area contributed by atoms with Gasteiger partial charge in [0.05, 0.1) is 0 Å². The Morgan fingerprint density at radius 2 is 2.11 bits per heavy atom. The number of hydrogen-bond acceptors (Lipinski definition) is 4. The Kier molecular flexibility index (Phi) is 5.10. The number of nitrogens with one attached hydrogen (secondary N) is 1. The van der Waals surface area contributed by atoms with Crippen molar-refractivity contribution >= 4 is 0 Å². The summed E-state index contributed by atoms with van der Waals surface area (Å²) >= 11 is 0. The number of aromatic nitrogens is 2. The van der Waals surface area contributed by atoms with Crippen LogP contribution in [0.15, 0.2) is 6.20 Å².